The molecule has 0 fully saturated rings. The van der Waals surface area contributed by atoms with E-state index in [1.807, 2.05) is 12.1 Å². The van der Waals surface area contributed by atoms with Crippen LogP contribution in [0.15, 0.2) is 72.8 Å². The third kappa shape index (κ3) is 4.51. The number of aliphatic hydroxyl groups is 2. The number of nitrogens with zero attached hydrogens (tertiary/aromatic N) is 1. The predicted octanol–water partition coefficient (Wildman–Crippen LogP) is 2.05. The van der Waals surface area contributed by atoms with Gasteiger partial charge in [-0.05, 0) is 30.3 Å². The van der Waals surface area contributed by atoms with Gasteiger partial charge < -0.3 is 24.8 Å². The van der Waals surface area contributed by atoms with E-state index in [4.69, 9.17) is 19.7 Å². The fourth-order valence-corrected chi connectivity index (χ4v) is 4.17. The number of phenolic OH excluding ortho intramolecular Hbond substituents is 1. The van der Waals surface area contributed by atoms with E-state index in [9.17, 15) is 14.7 Å². The van der Waals surface area contributed by atoms with Crippen molar-refractivity contribution in [2.45, 2.75) is 5.60 Å². The second-order valence-corrected chi connectivity index (χ2v) is 7.88. The molecule has 4 rings (SSSR count). The van der Waals surface area contributed by atoms with Crippen LogP contribution in [0.5, 0.6) is 11.5 Å². The Labute approximate surface area is 196 Å². The van der Waals surface area contributed by atoms with E-state index in [2.05, 4.69) is 0 Å². The third-order valence-electron chi connectivity index (χ3n) is 5.72. The molecule has 1 unspecified atom stereocenters. The molecule has 34 heavy (non-hydrogen) atoms. The van der Waals surface area contributed by atoms with Gasteiger partial charge in [0.1, 0.15) is 11.5 Å². The Balaban J connectivity index is 1.64. The van der Waals surface area contributed by atoms with E-state index < -0.39 is 17.5 Å². The molecular weight excluding hydrogens is 438 g/mol. The first-order valence-corrected chi connectivity index (χ1v) is 10.9. The van der Waals surface area contributed by atoms with Gasteiger partial charge in [-0.25, -0.2) is 4.79 Å². The zero-order valence-corrected chi connectivity index (χ0v) is 18.4. The topological polar surface area (TPSA) is 117 Å². The van der Waals surface area contributed by atoms with Gasteiger partial charge in [0, 0.05) is 29.8 Å². The molecule has 1 heterocycles. The number of aromatic hydroxyl groups is 1. The lowest BCUT2D eigenvalue weighted by Crippen LogP contribution is -2.36. The number of phenols is 1. The van der Waals surface area contributed by atoms with Gasteiger partial charge in [0.15, 0.2) is 5.60 Å². The van der Waals surface area contributed by atoms with Gasteiger partial charge in [0.05, 0.1) is 25.3 Å². The van der Waals surface area contributed by atoms with Crippen molar-refractivity contribution >= 4 is 11.9 Å². The second kappa shape index (κ2) is 10.0. The maximum Gasteiger partial charge on any atom is 0.340 e. The summed E-state index contributed by atoms with van der Waals surface area (Å²) in [6.45, 7) is 0.136. The standard InChI is InChI=1S/C26H25NO7/c28-15-13-27(14-16-29)17-24(31)33-21-11-7-19(8-12-21)26(18-5-9-20(30)10-6-18)23-4-2-1-3-22(23)25(32)34-26/h1-12,28-30H,13-17H2. The first-order chi connectivity index (χ1) is 16.5. The molecule has 0 saturated carbocycles. The molecule has 8 nitrogen and oxygen atoms in total. The minimum atomic E-state index is -1.22. The summed E-state index contributed by atoms with van der Waals surface area (Å²) in [5.74, 6) is -0.581. The van der Waals surface area contributed by atoms with E-state index in [1.165, 1.54) is 12.1 Å². The normalized spacial score (nSPS) is 16.9. The van der Waals surface area contributed by atoms with Gasteiger partial charge in [-0.1, -0.05) is 42.5 Å². The molecular formula is C26H25NO7. The van der Waals surface area contributed by atoms with E-state index in [0.717, 1.165) is 0 Å². The number of ether oxygens (including phenoxy) is 2. The van der Waals surface area contributed by atoms with E-state index in [1.54, 1.807) is 53.4 Å². The quantitative estimate of drug-likeness (QED) is 0.326. The van der Waals surface area contributed by atoms with Gasteiger partial charge in [-0.3, -0.25) is 9.69 Å². The van der Waals surface area contributed by atoms with Crippen molar-refractivity contribution in [1.82, 2.24) is 4.90 Å². The first kappa shape index (κ1) is 23.4. The lowest BCUT2D eigenvalue weighted by molar-refractivity contribution is -0.135. The highest BCUT2D eigenvalue weighted by Gasteiger charge is 2.48. The van der Waals surface area contributed by atoms with Crippen LogP contribution in [-0.2, 0) is 15.1 Å². The Morgan fingerprint density at radius 3 is 2.09 bits per heavy atom. The van der Waals surface area contributed by atoms with Crippen LogP contribution in [-0.4, -0.2) is 65.0 Å². The van der Waals surface area contributed by atoms with E-state index in [0.29, 0.717) is 28.0 Å². The Kier molecular flexibility index (Phi) is 6.93. The molecule has 0 saturated heterocycles. The summed E-state index contributed by atoms with van der Waals surface area (Å²) in [6, 6.07) is 20.3. The van der Waals surface area contributed by atoms with Gasteiger partial charge in [0.2, 0.25) is 0 Å². The summed E-state index contributed by atoms with van der Waals surface area (Å²) >= 11 is 0. The highest BCUT2D eigenvalue weighted by atomic mass is 16.6. The monoisotopic (exact) mass is 463 g/mol. The van der Waals surface area contributed by atoms with Crippen molar-refractivity contribution < 1.29 is 34.4 Å². The number of cyclic esters (lactones) is 1. The summed E-state index contributed by atoms with van der Waals surface area (Å²) in [7, 11) is 0. The number of rotatable bonds is 9. The fourth-order valence-electron chi connectivity index (χ4n) is 4.17. The molecule has 1 aliphatic heterocycles. The molecule has 3 aromatic rings. The van der Waals surface area contributed by atoms with Crippen LogP contribution in [0.2, 0.25) is 0 Å². The zero-order chi connectivity index (χ0) is 24.1. The maximum atomic E-state index is 12.7. The summed E-state index contributed by atoms with van der Waals surface area (Å²) in [6.07, 6.45) is 0. The van der Waals surface area contributed by atoms with Crippen molar-refractivity contribution in [2.24, 2.45) is 0 Å². The summed E-state index contributed by atoms with van der Waals surface area (Å²) in [5.41, 5.74) is 1.23. The molecule has 1 aliphatic rings. The zero-order valence-electron chi connectivity index (χ0n) is 18.4. The third-order valence-corrected chi connectivity index (χ3v) is 5.72. The Morgan fingerprint density at radius 2 is 1.47 bits per heavy atom. The average molecular weight is 463 g/mol. The van der Waals surface area contributed by atoms with Crippen molar-refractivity contribution in [3.05, 3.63) is 95.1 Å². The molecule has 0 bridgehead atoms. The largest absolute Gasteiger partial charge is 0.508 e. The molecule has 1 atom stereocenters. The molecule has 0 spiro atoms. The maximum absolute atomic E-state index is 12.7. The molecule has 0 radical (unpaired) electrons. The smallest absolute Gasteiger partial charge is 0.340 e. The minimum Gasteiger partial charge on any atom is -0.508 e. The number of benzene rings is 3. The Hall–Kier alpha value is -3.72. The predicted molar refractivity (Wildman–Crippen MR) is 123 cm³/mol. The molecule has 3 N–H and O–H groups in total. The molecule has 176 valence electrons. The van der Waals surface area contributed by atoms with Crippen LogP contribution < -0.4 is 4.74 Å². The number of hydrogen-bond acceptors (Lipinski definition) is 8. The molecule has 8 heteroatoms. The van der Waals surface area contributed by atoms with Crippen LogP contribution in [0.25, 0.3) is 0 Å². The average Bonchev–Trinajstić information content (AvgIpc) is 3.14. The Morgan fingerprint density at radius 1 is 0.882 bits per heavy atom. The minimum absolute atomic E-state index is 0.0781. The highest BCUT2D eigenvalue weighted by Crippen LogP contribution is 2.47. The van der Waals surface area contributed by atoms with Crippen molar-refractivity contribution in [1.29, 1.82) is 0 Å². The highest BCUT2D eigenvalue weighted by molar-refractivity contribution is 5.96. The van der Waals surface area contributed by atoms with Gasteiger partial charge in [-0.2, -0.15) is 0 Å². The lowest BCUT2D eigenvalue weighted by Gasteiger charge is -2.30. The summed E-state index contributed by atoms with van der Waals surface area (Å²) in [4.78, 5) is 26.6. The molecule has 3 aromatic carbocycles. The molecule has 0 aliphatic carbocycles. The lowest BCUT2D eigenvalue weighted by atomic mass is 9.80. The van der Waals surface area contributed by atoms with Crippen LogP contribution >= 0.6 is 0 Å². The number of carbonyl (C=O) groups excluding carboxylic acids is 2. The SMILES string of the molecule is O=C(CN(CCO)CCO)Oc1ccc(C2(c3ccc(O)cc3)OC(=O)c3ccccc32)cc1. The van der Waals surface area contributed by atoms with E-state index >= 15 is 0 Å². The van der Waals surface area contributed by atoms with Gasteiger partial charge in [0.25, 0.3) is 0 Å². The van der Waals surface area contributed by atoms with Crippen LogP contribution in [0.4, 0.5) is 0 Å². The van der Waals surface area contributed by atoms with Crippen LogP contribution in [0.1, 0.15) is 27.0 Å². The van der Waals surface area contributed by atoms with Crippen LogP contribution in [0, 0.1) is 0 Å². The molecule has 0 amide bonds. The van der Waals surface area contributed by atoms with Gasteiger partial charge >= 0.3 is 11.9 Å². The van der Waals surface area contributed by atoms with Crippen molar-refractivity contribution in [2.75, 3.05) is 32.8 Å². The number of aliphatic hydroxyl groups excluding tert-OH is 2. The number of esters is 2. The molecule has 0 aromatic heterocycles. The fraction of sp³-hybridized carbons (Fsp3) is 0.231. The van der Waals surface area contributed by atoms with Crippen molar-refractivity contribution in [3.63, 3.8) is 0 Å². The Bertz CT molecular complexity index is 1150. The van der Waals surface area contributed by atoms with Crippen molar-refractivity contribution in [3.8, 4) is 11.5 Å². The van der Waals surface area contributed by atoms with Gasteiger partial charge in [-0.15, -0.1) is 0 Å². The first-order valence-electron chi connectivity index (χ1n) is 10.9. The van der Waals surface area contributed by atoms with Crippen LogP contribution in [0.3, 0.4) is 0 Å². The number of fused-ring (bicyclic) bond motifs is 1. The second-order valence-electron chi connectivity index (χ2n) is 7.88. The number of hydrogen-bond donors (Lipinski definition) is 3. The summed E-state index contributed by atoms with van der Waals surface area (Å²) in [5, 5.41) is 28.0. The summed E-state index contributed by atoms with van der Waals surface area (Å²) < 4.78 is 11.4. The number of carbonyl (C=O) groups is 2. The van der Waals surface area contributed by atoms with E-state index in [-0.39, 0.29) is 38.6 Å².